The molecular formula is C17H23NO3. The maximum absolute atomic E-state index is 12.1. The zero-order valence-electron chi connectivity index (χ0n) is 13.0. The Balaban J connectivity index is 2.74. The average molecular weight is 289 g/mol. The summed E-state index contributed by atoms with van der Waals surface area (Å²) in [6.07, 6.45) is 3.42. The number of nitrogens with one attached hydrogen (secondary N) is 1. The largest absolute Gasteiger partial charge is 0.478 e. The topological polar surface area (TPSA) is 66.4 Å². The summed E-state index contributed by atoms with van der Waals surface area (Å²) in [5.41, 5.74) is 1.43. The summed E-state index contributed by atoms with van der Waals surface area (Å²) in [7, 11) is 0. The van der Waals surface area contributed by atoms with Crippen LogP contribution in [0, 0.1) is 5.41 Å². The molecule has 1 aromatic rings. The highest BCUT2D eigenvalue weighted by molar-refractivity contribution is 5.85. The molecule has 21 heavy (non-hydrogen) atoms. The Morgan fingerprint density at radius 1 is 1.29 bits per heavy atom. The number of carbonyl (C=O) groups is 2. The molecule has 0 aliphatic carbocycles. The van der Waals surface area contributed by atoms with Crippen molar-refractivity contribution in [3.8, 4) is 0 Å². The molecule has 0 fully saturated rings. The van der Waals surface area contributed by atoms with Gasteiger partial charge in [-0.05, 0) is 30.5 Å². The minimum atomic E-state index is -0.971. The first kappa shape index (κ1) is 17.0. The summed E-state index contributed by atoms with van der Waals surface area (Å²) in [6, 6.07) is 7.38. The van der Waals surface area contributed by atoms with Crippen LogP contribution in [-0.2, 0) is 9.59 Å². The van der Waals surface area contributed by atoms with Gasteiger partial charge in [-0.25, -0.2) is 4.79 Å². The van der Waals surface area contributed by atoms with E-state index in [0.717, 1.165) is 23.6 Å². The second kappa shape index (κ2) is 7.07. The number of carboxylic acid groups (broad SMARTS) is 1. The number of benzene rings is 1. The molecule has 0 aliphatic heterocycles. The van der Waals surface area contributed by atoms with Crippen LogP contribution in [0.1, 0.15) is 51.3 Å². The predicted molar refractivity (Wildman–Crippen MR) is 83.7 cm³/mol. The Hall–Kier alpha value is -2.10. The first-order valence-electron chi connectivity index (χ1n) is 7.08. The smallest absolute Gasteiger partial charge is 0.328 e. The molecule has 0 heterocycles. The van der Waals surface area contributed by atoms with Crippen molar-refractivity contribution in [2.75, 3.05) is 0 Å². The standard InChI is InChI=1S/C17H23NO3/c1-5-17(3,4)16(21)18-12(2)14-9-6-13(7-10-14)8-11-15(19)20/h6-12H,5H2,1-4H3,(H,18,21)(H,19,20). The summed E-state index contributed by atoms with van der Waals surface area (Å²) in [5.74, 6) is -0.936. The molecule has 1 atom stereocenters. The highest BCUT2D eigenvalue weighted by atomic mass is 16.4. The molecule has 1 unspecified atom stereocenters. The molecule has 0 saturated carbocycles. The fourth-order valence-electron chi connectivity index (χ4n) is 1.70. The van der Waals surface area contributed by atoms with Gasteiger partial charge in [0.2, 0.25) is 5.91 Å². The van der Waals surface area contributed by atoms with Gasteiger partial charge in [0.15, 0.2) is 0 Å². The van der Waals surface area contributed by atoms with Crippen LogP contribution in [0.5, 0.6) is 0 Å². The minimum absolute atomic E-state index is 0.0346. The predicted octanol–water partition coefficient (Wildman–Crippen LogP) is 3.40. The molecule has 1 aromatic carbocycles. The SMILES string of the molecule is CCC(C)(C)C(=O)NC(C)c1ccc(C=CC(=O)O)cc1. The lowest BCUT2D eigenvalue weighted by molar-refractivity contribution is -0.131. The van der Waals surface area contributed by atoms with Crippen molar-refractivity contribution >= 4 is 18.0 Å². The molecule has 114 valence electrons. The first-order valence-corrected chi connectivity index (χ1v) is 7.08. The van der Waals surface area contributed by atoms with Gasteiger partial charge in [-0.1, -0.05) is 45.0 Å². The fraction of sp³-hybridized carbons (Fsp3) is 0.412. The van der Waals surface area contributed by atoms with E-state index in [4.69, 9.17) is 5.11 Å². The van der Waals surface area contributed by atoms with Gasteiger partial charge in [0.05, 0.1) is 6.04 Å². The summed E-state index contributed by atoms with van der Waals surface area (Å²) in [5, 5.41) is 11.6. The molecule has 0 bridgehead atoms. The van der Waals surface area contributed by atoms with Crippen molar-refractivity contribution < 1.29 is 14.7 Å². The Bertz CT molecular complexity index is 529. The summed E-state index contributed by atoms with van der Waals surface area (Å²) < 4.78 is 0. The van der Waals surface area contributed by atoms with Crippen LogP contribution >= 0.6 is 0 Å². The van der Waals surface area contributed by atoms with Crippen molar-refractivity contribution in [2.45, 2.75) is 40.2 Å². The molecule has 0 aromatic heterocycles. The normalized spacial score (nSPS) is 13.1. The molecule has 1 rings (SSSR count). The van der Waals surface area contributed by atoms with Crippen LogP contribution in [0.3, 0.4) is 0 Å². The van der Waals surface area contributed by atoms with Gasteiger partial charge >= 0.3 is 5.97 Å². The Kier molecular flexibility index (Phi) is 5.70. The maximum atomic E-state index is 12.1. The van der Waals surface area contributed by atoms with Crippen molar-refractivity contribution in [1.29, 1.82) is 0 Å². The highest BCUT2D eigenvalue weighted by Crippen LogP contribution is 2.22. The lowest BCUT2D eigenvalue weighted by Crippen LogP contribution is -2.37. The van der Waals surface area contributed by atoms with Gasteiger partial charge in [0, 0.05) is 11.5 Å². The van der Waals surface area contributed by atoms with Gasteiger partial charge in [0.25, 0.3) is 0 Å². The van der Waals surface area contributed by atoms with Crippen molar-refractivity contribution in [3.05, 3.63) is 41.5 Å². The molecule has 0 aliphatic rings. The third-order valence-corrected chi connectivity index (χ3v) is 3.70. The zero-order chi connectivity index (χ0) is 16.0. The molecule has 4 nitrogen and oxygen atoms in total. The molecule has 2 N–H and O–H groups in total. The van der Waals surface area contributed by atoms with E-state index >= 15 is 0 Å². The van der Waals surface area contributed by atoms with Crippen LogP contribution in [-0.4, -0.2) is 17.0 Å². The van der Waals surface area contributed by atoms with Crippen molar-refractivity contribution in [1.82, 2.24) is 5.32 Å². The van der Waals surface area contributed by atoms with Gasteiger partial charge in [-0.3, -0.25) is 4.79 Å². The molecule has 4 heteroatoms. The van der Waals surface area contributed by atoms with Gasteiger partial charge in [-0.15, -0.1) is 0 Å². The minimum Gasteiger partial charge on any atom is -0.478 e. The highest BCUT2D eigenvalue weighted by Gasteiger charge is 2.26. The van der Waals surface area contributed by atoms with E-state index in [1.807, 2.05) is 52.0 Å². The summed E-state index contributed by atoms with van der Waals surface area (Å²) in [6.45, 7) is 7.78. The fourth-order valence-corrected chi connectivity index (χ4v) is 1.70. The molecule has 0 spiro atoms. The van der Waals surface area contributed by atoms with Crippen LogP contribution in [0.2, 0.25) is 0 Å². The molecule has 1 amide bonds. The van der Waals surface area contributed by atoms with E-state index in [-0.39, 0.29) is 17.4 Å². The summed E-state index contributed by atoms with van der Waals surface area (Å²) >= 11 is 0. The van der Waals surface area contributed by atoms with Crippen LogP contribution in [0.15, 0.2) is 30.3 Å². The lowest BCUT2D eigenvalue weighted by Gasteiger charge is -2.24. The van der Waals surface area contributed by atoms with Crippen molar-refractivity contribution in [3.63, 3.8) is 0 Å². The van der Waals surface area contributed by atoms with Crippen LogP contribution in [0.4, 0.5) is 0 Å². The first-order chi connectivity index (χ1) is 9.76. The molecule has 0 saturated heterocycles. The zero-order valence-corrected chi connectivity index (χ0v) is 13.0. The third-order valence-electron chi connectivity index (χ3n) is 3.70. The number of amides is 1. The second-order valence-electron chi connectivity index (χ2n) is 5.77. The van der Waals surface area contributed by atoms with E-state index < -0.39 is 5.97 Å². The molecule has 0 radical (unpaired) electrons. The van der Waals surface area contributed by atoms with Gasteiger partial charge in [-0.2, -0.15) is 0 Å². The maximum Gasteiger partial charge on any atom is 0.328 e. The van der Waals surface area contributed by atoms with Crippen molar-refractivity contribution in [2.24, 2.45) is 5.41 Å². The van der Waals surface area contributed by atoms with E-state index in [9.17, 15) is 9.59 Å². The average Bonchev–Trinajstić information content (AvgIpc) is 2.45. The number of carboxylic acids is 1. The van der Waals surface area contributed by atoms with E-state index in [0.29, 0.717) is 0 Å². The number of carbonyl (C=O) groups excluding carboxylic acids is 1. The van der Waals surface area contributed by atoms with Gasteiger partial charge < -0.3 is 10.4 Å². The van der Waals surface area contributed by atoms with E-state index in [1.54, 1.807) is 0 Å². The second-order valence-corrected chi connectivity index (χ2v) is 5.77. The number of rotatable bonds is 6. The third kappa shape index (κ3) is 5.06. The Morgan fingerprint density at radius 3 is 2.33 bits per heavy atom. The Labute approximate surface area is 125 Å². The van der Waals surface area contributed by atoms with E-state index in [1.165, 1.54) is 6.08 Å². The van der Waals surface area contributed by atoms with Gasteiger partial charge in [0.1, 0.15) is 0 Å². The molecular weight excluding hydrogens is 266 g/mol. The van der Waals surface area contributed by atoms with E-state index in [2.05, 4.69) is 5.32 Å². The summed E-state index contributed by atoms with van der Waals surface area (Å²) in [4.78, 5) is 22.6. The number of aliphatic carboxylic acids is 1. The monoisotopic (exact) mass is 289 g/mol. The van der Waals surface area contributed by atoms with Crippen LogP contribution < -0.4 is 5.32 Å². The number of hydrogen-bond acceptors (Lipinski definition) is 2. The number of hydrogen-bond donors (Lipinski definition) is 2. The van der Waals surface area contributed by atoms with Crippen LogP contribution in [0.25, 0.3) is 6.08 Å². The quantitative estimate of drug-likeness (QED) is 0.789. The Morgan fingerprint density at radius 2 is 1.86 bits per heavy atom. The lowest BCUT2D eigenvalue weighted by atomic mass is 9.88.